The molecule has 5 nitrogen and oxygen atoms in total. The molecule has 0 atom stereocenters. The Bertz CT molecular complexity index is 663. The molecule has 5 heteroatoms. The Morgan fingerprint density at radius 2 is 1.85 bits per heavy atom. The first-order valence-electron chi connectivity index (χ1n) is 6.23. The third-order valence-electron chi connectivity index (χ3n) is 2.98. The minimum absolute atomic E-state index is 0.00680. The average Bonchev–Trinajstić information content (AvgIpc) is 2.46. The van der Waals surface area contributed by atoms with E-state index in [2.05, 4.69) is 9.97 Å². The van der Waals surface area contributed by atoms with Crippen molar-refractivity contribution < 1.29 is 14.7 Å². The molecule has 1 aromatic heterocycles. The zero-order valence-corrected chi connectivity index (χ0v) is 11.3. The summed E-state index contributed by atoms with van der Waals surface area (Å²) in [5, 5.41) is 9.13. The second-order valence-electron chi connectivity index (χ2n) is 4.36. The van der Waals surface area contributed by atoms with Crippen molar-refractivity contribution in [2.75, 3.05) is 0 Å². The smallest absolute Gasteiger partial charge is 0.355 e. The lowest BCUT2D eigenvalue weighted by Gasteiger charge is -2.05. The van der Waals surface area contributed by atoms with Crippen LogP contribution in [-0.2, 0) is 6.42 Å². The van der Waals surface area contributed by atoms with E-state index in [0.29, 0.717) is 11.4 Å². The molecule has 0 aliphatic heterocycles. The monoisotopic (exact) mass is 270 g/mol. The molecule has 0 amide bonds. The zero-order valence-electron chi connectivity index (χ0n) is 11.3. The maximum atomic E-state index is 12.3. The Hall–Kier alpha value is -2.56. The molecule has 0 spiro atoms. The summed E-state index contributed by atoms with van der Waals surface area (Å²) in [6.07, 6.45) is 2.14. The van der Waals surface area contributed by atoms with Gasteiger partial charge in [-0.1, -0.05) is 31.2 Å². The van der Waals surface area contributed by atoms with Crippen molar-refractivity contribution in [3.63, 3.8) is 0 Å². The van der Waals surface area contributed by atoms with Gasteiger partial charge in [-0.05, 0) is 18.9 Å². The molecule has 1 heterocycles. The van der Waals surface area contributed by atoms with Gasteiger partial charge in [-0.3, -0.25) is 4.79 Å². The highest BCUT2D eigenvalue weighted by Gasteiger charge is 2.20. The second-order valence-corrected chi connectivity index (χ2v) is 4.36. The first-order valence-corrected chi connectivity index (χ1v) is 6.23. The van der Waals surface area contributed by atoms with Gasteiger partial charge in [0, 0.05) is 11.8 Å². The number of rotatable bonds is 4. The molecule has 0 aliphatic carbocycles. The van der Waals surface area contributed by atoms with Crippen molar-refractivity contribution in [2.45, 2.75) is 20.3 Å². The highest BCUT2D eigenvalue weighted by molar-refractivity contribution is 6.13. The van der Waals surface area contributed by atoms with E-state index < -0.39 is 5.97 Å². The lowest BCUT2D eigenvalue weighted by atomic mass is 10.0. The van der Waals surface area contributed by atoms with Crippen LogP contribution in [0.1, 0.15) is 44.7 Å². The fourth-order valence-corrected chi connectivity index (χ4v) is 1.85. The van der Waals surface area contributed by atoms with Gasteiger partial charge in [-0.2, -0.15) is 0 Å². The second kappa shape index (κ2) is 5.61. The summed E-state index contributed by atoms with van der Waals surface area (Å²) < 4.78 is 0. The van der Waals surface area contributed by atoms with Crippen LogP contribution in [0, 0.1) is 6.92 Å². The van der Waals surface area contributed by atoms with Gasteiger partial charge in [0.05, 0.1) is 5.56 Å². The third kappa shape index (κ3) is 2.71. The van der Waals surface area contributed by atoms with Crippen molar-refractivity contribution in [1.29, 1.82) is 0 Å². The predicted octanol–water partition coefficient (Wildman–Crippen LogP) is 2.28. The molecule has 1 aromatic carbocycles. The van der Waals surface area contributed by atoms with Crippen LogP contribution in [0.4, 0.5) is 0 Å². The van der Waals surface area contributed by atoms with E-state index in [9.17, 15) is 9.59 Å². The van der Waals surface area contributed by atoms with E-state index in [4.69, 9.17) is 5.11 Å². The van der Waals surface area contributed by atoms with Crippen LogP contribution >= 0.6 is 0 Å². The summed E-state index contributed by atoms with van der Waals surface area (Å²) in [7, 11) is 0. The van der Waals surface area contributed by atoms with Gasteiger partial charge >= 0.3 is 5.97 Å². The molecule has 0 fully saturated rings. The largest absolute Gasteiger partial charge is 0.476 e. The highest BCUT2D eigenvalue weighted by atomic mass is 16.4. The number of benzene rings is 1. The van der Waals surface area contributed by atoms with E-state index in [0.717, 1.165) is 12.0 Å². The number of hydrogen-bond donors (Lipinski definition) is 1. The summed E-state index contributed by atoms with van der Waals surface area (Å²) in [6.45, 7) is 3.60. The summed E-state index contributed by atoms with van der Waals surface area (Å²) in [5.74, 6) is -1.30. The van der Waals surface area contributed by atoms with E-state index >= 15 is 0 Å². The number of hydrogen-bond acceptors (Lipinski definition) is 4. The number of carboxylic acid groups (broad SMARTS) is 1. The molecule has 0 radical (unpaired) electrons. The molecular formula is C15H14N2O3. The standard InChI is InChI=1S/C15H14N2O3/c1-3-10-4-6-11(7-5-10)14(18)12-8-16-9(2)17-13(12)15(19)20/h4-8H,3H2,1-2H3,(H,19,20). The van der Waals surface area contributed by atoms with Gasteiger partial charge in [-0.25, -0.2) is 14.8 Å². The Morgan fingerprint density at radius 1 is 1.20 bits per heavy atom. The van der Waals surface area contributed by atoms with Gasteiger partial charge < -0.3 is 5.11 Å². The topological polar surface area (TPSA) is 80.2 Å². The predicted molar refractivity (Wildman–Crippen MR) is 73.0 cm³/mol. The fraction of sp³-hybridized carbons (Fsp3) is 0.200. The summed E-state index contributed by atoms with van der Waals surface area (Å²) in [4.78, 5) is 31.2. The number of nitrogens with zero attached hydrogens (tertiary/aromatic N) is 2. The lowest BCUT2D eigenvalue weighted by molar-refractivity contribution is 0.0685. The first kappa shape index (κ1) is 13.9. The number of aromatic nitrogens is 2. The van der Waals surface area contributed by atoms with Crippen molar-refractivity contribution in [1.82, 2.24) is 9.97 Å². The molecule has 0 aliphatic rings. The van der Waals surface area contributed by atoms with Crippen LogP contribution in [0.2, 0.25) is 0 Å². The molecule has 0 saturated heterocycles. The Kier molecular flexibility index (Phi) is 3.89. The fourth-order valence-electron chi connectivity index (χ4n) is 1.85. The number of carbonyl (C=O) groups is 2. The van der Waals surface area contributed by atoms with Crippen LogP contribution in [-0.4, -0.2) is 26.8 Å². The molecular weight excluding hydrogens is 256 g/mol. The van der Waals surface area contributed by atoms with Crippen LogP contribution < -0.4 is 0 Å². The number of aryl methyl sites for hydroxylation is 2. The third-order valence-corrected chi connectivity index (χ3v) is 2.98. The maximum absolute atomic E-state index is 12.3. The van der Waals surface area contributed by atoms with E-state index in [1.54, 1.807) is 19.1 Å². The van der Waals surface area contributed by atoms with Gasteiger partial charge in [0.25, 0.3) is 0 Å². The van der Waals surface area contributed by atoms with Crippen LogP contribution in [0.3, 0.4) is 0 Å². The molecule has 0 unspecified atom stereocenters. The van der Waals surface area contributed by atoms with Crippen molar-refractivity contribution in [2.24, 2.45) is 0 Å². The maximum Gasteiger partial charge on any atom is 0.355 e. The Morgan fingerprint density at radius 3 is 2.40 bits per heavy atom. The van der Waals surface area contributed by atoms with E-state index in [1.807, 2.05) is 19.1 Å². The molecule has 2 aromatic rings. The summed E-state index contributed by atoms with van der Waals surface area (Å²) in [5.41, 5.74) is 1.28. The van der Waals surface area contributed by atoms with Crippen LogP contribution in [0.25, 0.3) is 0 Å². The summed E-state index contributed by atoms with van der Waals surface area (Å²) >= 11 is 0. The van der Waals surface area contributed by atoms with Gasteiger partial charge in [-0.15, -0.1) is 0 Å². The van der Waals surface area contributed by atoms with Gasteiger partial charge in [0.2, 0.25) is 0 Å². The summed E-state index contributed by atoms with van der Waals surface area (Å²) in [6, 6.07) is 7.07. The van der Waals surface area contributed by atoms with Crippen molar-refractivity contribution in [3.8, 4) is 0 Å². The SMILES string of the molecule is CCc1ccc(C(=O)c2cnc(C)nc2C(=O)O)cc1. The number of carbonyl (C=O) groups excluding carboxylic acids is 1. The molecule has 102 valence electrons. The Balaban J connectivity index is 2.44. The lowest BCUT2D eigenvalue weighted by Crippen LogP contribution is -2.13. The molecule has 2 rings (SSSR count). The van der Waals surface area contributed by atoms with E-state index in [1.165, 1.54) is 6.20 Å². The normalized spacial score (nSPS) is 10.3. The van der Waals surface area contributed by atoms with E-state index in [-0.39, 0.29) is 17.0 Å². The van der Waals surface area contributed by atoms with Gasteiger partial charge in [0.1, 0.15) is 5.82 Å². The molecule has 0 saturated carbocycles. The number of ketones is 1. The van der Waals surface area contributed by atoms with Crippen LogP contribution in [0.5, 0.6) is 0 Å². The minimum Gasteiger partial charge on any atom is -0.476 e. The molecule has 1 N–H and O–H groups in total. The average molecular weight is 270 g/mol. The first-order chi connectivity index (χ1) is 9.52. The zero-order chi connectivity index (χ0) is 14.7. The highest BCUT2D eigenvalue weighted by Crippen LogP contribution is 2.14. The van der Waals surface area contributed by atoms with Crippen molar-refractivity contribution >= 4 is 11.8 Å². The van der Waals surface area contributed by atoms with Crippen LogP contribution in [0.15, 0.2) is 30.5 Å². The number of aromatic carboxylic acids is 1. The van der Waals surface area contributed by atoms with Crippen molar-refractivity contribution in [3.05, 3.63) is 58.7 Å². The van der Waals surface area contributed by atoms with Gasteiger partial charge in [0.15, 0.2) is 11.5 Å². The molecule has 20 heavy (non-hydrogen) atoms. The molecule has 0 bridgehead atoms. The minimum atomic E-state index is -1.23. The number of carboxylic acids is 1. The quantitative estimate of drug-likeness (QED) is 0.862. The Labute approximate surface area is 116 Å².